The molecule has 2 aromatic carbocycles. The van der Waals surface area contributed by atoms with Gasteiger partial charge in [0.25, 0.3) is 11.6 Å². The standard InChI is InChI=1S/C20H21N3O5/c24-19(16-5-4-6-17(13-16)23(26)27)21-14-15-9-11-22(12-10-15)20(25)28-18-7-2-1-3-8-18/h1-8,13,15H,9-12,14H2,(H,21,24). The van der Waals surface area contributed by atoms with E-state index in [9.17, 15) is 19.7 Å². The third-order valence-corrected chi connectivity index (χ3v) is 4.69. The maximum atomic E-state index is 12.2. The van der Waals surface area contributed by atoms with Crippen molar-refractivity contribution in [3.63, 3.8) is 0 Å². The van der Waals surface area contributed by atoms with Gasteiger partial charge in [-0.05, 0) is 37.0 Å². The minimum Gasteiger partial charge on any atom is -0.410 e. The van der Waals surface area contributed by atoms with E-state index in [2.05, 4.69) is 5.32 Å². The summed E-state index contributed by atoms with van der Waals surface area (Å²) < 4.78 is 5.34. The molecule has 3 rings (SSSR count). The first-order chi connectivity index (χ1) is 13.5. The zero-order valence-corrected chi connectivity index (χ0v) is 15.2. The molecule has 0 saturated carbocycles. The van der Waals surface area contributed by atoms with Crippen LogP contribution in [0.5, 0.6) is 5.75 Å². The number of carbonyl (C=O) groups is 2. The Balaban J connectivity index is 1.44. The molecule has 0 radical (unpaired) electrons. The fourth-order valence-corrected chi connectivity index (χ4v) is 3.07. The summed E-state index contributed by atoms with van der Waals surface area (Å²) >= 11 is 0. The highest BCUT2D eigenvalue weighted by molar-refractivity contribution is 5.94. The third-order valence-electron chi connectivity index (χ3n) is 4.69. The van der Waals surface area contributed by atoms with Crippen molar-refractivity contribution in [3.05, 3.63) is 70.3 Å². The Morgan fingerprint density at radius 2 is 1.82 bits per heavy atom. The summed E-state index contributed by atoms with van der Waals surface area (Å²) in [4.78, 5) is 36.4. The van der Waals surface area contributed by atoms with E-state index in [0.717, 1.165) is 12.8 Å². The van der Waals surface area contributed by atoms with Gasteiger partial charge in [-0.25, -0.2) is 4.79 Å². The van der Waals surface area contributed by atoms with Crippen LogP contribution in [0.3, 0.4) is 0 Å². The highest BCUT2D eigenvalue weighted by Gasteiger charge is 2.24. The Hall–Kier alpha value is -3.42. The maximum absolute atomic E-state index is 12.2. The van der Waals surface area contributed by atoms with Crippen molar-refractivity contribution in [2.45, 2.75) is 12.8 Å². The van der Waals surface area contributed by atoms with Crippen LogP contribution in [-0.4, -0.2) is 41.5 Å². The van der Waals surface area contributed by atoms with Crippen molar-refractivity contribution in [2.24, 2.45) is 5.92 Å². The van der Waals surface area contributed by atoms with E-state index in [4.69, 9.17) is 4.74 Å². The number of hydrogen-bond donors (Lipinski definition) is 1. The summed E-state index contributed by atoms with van der Waals surface area (Å²) in [5, 5.41) is 13.6. The first-order valence-corrected chi connectivity index (χ1v) is 9.07. The molecule has 0 atom stereocenters. The second-order valence-corrected chi connectivity index (χ2v) is 6.63. The molecule has 2 amide bonds. The Bertz CT molecular complexity index is 848. The minimum atomic E-state index is -0.527. The number of ether oxygens (including phenoxy) is 1. The van der Waals surface area contributed by atoms with E-state index in [0.29, 0.717) is 25.4 Å². The van der Waals surface area contributed by atoms with E-state index >= 15 is 0 Å². The zero-order chi connectivity index (χ0) is 19.9. The highest BCUT2D eigenvalue weighted by Crippen LogP contribution is 2.19. The van der Waals surface area contributed by atoms with Crippen LogP contribution in [0.15, 0.2) is 54.6 Å². The van der Waals surface area contributed by atoms with Crippen molar-refractivity contribution in [1.82, 2.24) is 10.2 Å². The molecule has 0 bridgehead atoms. The van der Waals surface area contributed by atoms with Crippen molar-refractivity contribution >= 4 is 17.7 Å². The molecular weight excluding hydrogens is 362 g/mol. The monoisotopic (exact) mass is 383 g/mol. The van der Waals surface area contributed by atoms with Gasteiger partial charge in [-0.2, -0.15) is 0 Å². The number of likely N-dealkylation sites (tertiary alicyclic amines) is 1. The summed E-state index contributed by atoms with van der Waals surface area (Å²) in [5.41, 5.74) is 0.149. The summed E-state index contributed by atoms with van der Waals surface area (Å²) in [7, 11) is 0. The quantitative estimate of drug-likeness (QED) is 0.631. The molecule has 28 heavy (non-hydrogen) atoms. The zero-order valence-electron chi connectivity index (χ0n) is 15.2. The van der Waals surface area contributed by atoms with Crippen molar-refractivity contribution in [1.29, 1.82) is 0 Å². The number of nitro benzene ring substituents is 1. The van der Waals surface area contributed by atoms with Gasteiger partial charge >= 0.3 is 6.09 Å². The van der Waals surface area contributed by atoms with Gasteiger partial charge in [0.2, 0.25) is 0 Å². The molecule has 1 saturated heterocycles. The Morgan fingerprint density at radius 3 is 2.50 bits per heavy atom. The van der Waals surface area contributed by atoms with Gasteiger partial charge in [-0.3, -0.25) is 14.9 Å². The number of piperidine rings is 1. The van der Waals surface area contributed by atoms with Crippen LogP contribution in [0, 0.1) is 16.0 Å². The molecule has 1 aliphatic rings. The molecule has 8 heteroatoms. The smallest absolute Gasteiger partial charge is 0.410 e. The number of para-hydroxylation sites is 1. The average molecular weight is 383 g/mol. The number of carbonyl (C=O) groups excluding carboxylic acids is 2. The lowest BCUT2D eigenvalue weighted by atomic mass is 9.97. The molecule has 146 valence electrons. The van der Waals surface area contributed by atoms with Gasteiger partial charge in [0.15, 0.2) is 0 Å². The minimum absolute atomic E-state index is 0.113. The van der Waals surface area contributed by atoms with Crippen LogP contribution in [0.1, 0.15) is 23.2 Å². The van der Waals surface area contributed by atoms with E-state index in [1.54, 1.807) is 35.2 Å². The lowest BCUT2D eigenvalue weighted by Crippen LogP contribution is -2.42. The molecule has 2 aromatic rings. The topological polar surface area (TPSA) is 102 Å². The Morgan fingerprint density at radius 1 is 1.11 bits per heavy atom. The molecular formula is C20H21N3O5. The summed E-state index contributed by atoms with van der Waals surface area (Å²) in [6.45, 7) is 1.58. The van der Waals surface area contributed by atoms with Crippen LogP contribution in [0.25, 0.3) is 0 Å². The van der Waals surface area contributed by atoms with Gasteiger partial charge in [0.05, 0.1) is 4.92 Å². The second-order valence-electron chi connectivity index (χ2n) is 6.63. The van der Waals surface area contributed by atoms with Gasteiger partial charge < -0.3 is 15.0 Å². The van der Waals surface area contributed by atoms with Crippen LogP contribution in [0.2, 0.25) is 0 Å². The third kappa shape index (κ3) is 5.06. The molecule has 0 aliphatic carbocycles. The normalized spacial score (nSPS) is 14.4. The molecule has 8 nitrogen and oxygen atoms in total. The largest absolute Gasteiger partial charge is 0.415 e. The molecule has 1 N–H and O–H groups in total. The fourth-order valence-electron chi connectivity index (χ4n) is 3.07. The maximum Gasteiger partial charge on any atom is 0.415 e. The van der Waals surface area contributed by atoms with Crippen molar-refractivity contribution in [2.75, 3.05) is 19.6 Å². The van der Waals surface area contributed by atoms with Crippen molar-refractivity contribution in [3.8, 4) is 5.75 Å². The van der Waals surface area contributed by atoms with Crippen LogP contribution >= 0.6 is 0 Å². The van der Waals surface area contributed by atoms with Crippen LogP contribution < -0.4 is 10.1 Å². The SMILES string of the molecule is O=C(NCC1CCN(C(=O)Oc2ccccc2)CC1)c1cccc([N+](=O)[O-])c1. The predicted molar refractivity (Wildman–Crippen MR) is 102 cm³/mol. The number of nitrogens with one attached hydrogen (secondary N) is 1. The lowest BCUT2D eigenvalue weighted by Gasteiger charge is -2.31. The van der Waals surface area contributed by atoms with Crippen LogP contribution in [0.4, 0.5) is 10.5 Å². The molecule has 0 aromatic heterocycles. The molecule has 1 fully saturated rings. The number of hydrogen-bond acceptors (Lipinski definition) is 5. The number of nitro groups is 1. The highest BCUT2D eigenvalue weighted by atomic mass is 16.6. The molecule has 0 unspecified atom stereocenters. The molecule has 1 heterocycles. The average Bonchev–Trinajstić information content (AvgIpc) is 2.73. The number of non-ortho nitro benzene ring substituents is 1. The van der Waals surface area contributed by atoms with Crippen molar-refractivity contribution < 1.29 is 19.2 Å². The number of rotatable bonds is 5. The fraction of sp³-hybridized carbons (Fsp3) is 0.300. The predicted octanol–water partition coefficient (Wildman–Crippen LogP) is 3.24. The lowest BCUT2D eigenvalue weighted by molar-refractivity contribution is -0.384. The van der Waals surface area contributed by atoms with Gasteiger partial charge in [-0.1, -0.05) is 24.3 Å². The van der Waals surface area contributed by atoms with Gasteiger partial charge in [0, 0.05) is 37.3 Å². The van der Waals surface area contributed by atoms with E-state index in [1.165, 1.54) is 18.2 Å². The van der Waals surface area contributed by atoms with Crippen LogP contribution in [-0.2, 0) is 0 Å². The Labute approximate surface area is 162 Å². The van der Waals surface area contributed by atoms with E-state index in [1.807, 2.05) is 6.07 Å². The van der Waals surface area contributed by atoms with E-state index in [-0.39, 0.29) is 29.2 Å². The summed E-state index contributed by atoms with van der Waals surface area (Å²) in [5.74, 6) is 0.414. The summed E-state index contributed by atoms with van der Waals surface area (Å²) in [6, 6.07) is 14.6. The van der Waals surface area contributed by atoms with Gasteiger partial charge in [-0.15, -0.1) is 0 Å². The van der Waals surface area contributed by atoms with Gasteiger partial charge in [0.1, 0.15) is 5.75 Å². The molecule has 1 aliphatic heterocycles. The first kappa shape index (κ1) is 19.3. The second kappa shape index (κ2) is 8.98. The summed E-state index contributed by atoms with van der Waals surface area (Å²) in [6.07, 6.45) is 1.13. The number of amides is 2. The number of nitrogens with zero attached hydrogens (tertiary/aromatic N) is 2. The van der Waals surface area contributed by atoms with E-state index < -0.39 is 4.92 Å². The Kier molecular flexibility index (Phi) is 6.21. The number of benzene rings is 2. The first-order valence-electron chi connectivity index (χ1n) is 9.07. The molecule has 0 spiro atoms.